The predicted molar refractivity (Wildman–Crippen MR) is 73.4 cm³/mol. The molecule has 100 valence electrons. The maximum absolute atomic E-state index is 5.45. The number of anilines is 2. The van der Waals surface area contributed by atoms with Gasteiger partial charge in [0.25, 0.3) is 0 Å². The molecule has 0 bridgehead atoms. The van der Waals surface area contributed by atoms with Crippen molar-refractivity contribution in [3.05, 3.63) is 11.9 Å². The van der Waals surface area contributed by atoms with E-state index in [1.54, 1.807) is 0 Å². The summed E-state index contributed by atoms with van der Waals surface area (Å²) in [6.07, 6.45) is 5.04. The lowest BCUT2D eigenvalue weighted by atomic mass is 10.2. The van der Waals surface area contributed by atoms with Gasteiger partial charge in [-0.2, -0.15) is 0 Å². The van der Waals surface area contributed by atoms with E-state index in [9.17, 15) is 0 Å². The minimum Gasteiger partial charge on any atom is -0.368 e. The van der Waals surface area contributed by atoms with Crippen molar-refractivity contribution in [2.75, 3.05) is 36.9 Å². The number of nitrogen functional groups attached to an aromatic ring is 1. The summed E-state index contributed by atoms with van der Waals surface area (Å²) >= 11 is 0. The third-order valence-electron chi connectivity index (χ3n) is 3.35. The first-order valence-corrected chi connectivity index (χ1v) is 6.62. The first-order chi connectivity index (χ1) is 8.85. The van der Waals surface area contributed by atoms with Crippen molar-refractivity contribution >= 4 is 11.6 Å². The number of hydrogen-bond donors (Lipinski definition) is 3. The first kappa shape index (κ1) is 13.0. The SMILES string of the molecule is CCc1c(NN)ncnc1NCCN1CCCC1. The highest BCUT2D eigenvalue weighted by Gasteiger charge is 2.12. The van der Waals surface area contributed by atoms with E-state index in [1.807, 2.05) is 0 Å². The van der Waals surface area contributed by atoms with Crippen LogP contribution in [0.15, 0.2) is 6.33 Å². The van der Waals surface area contributed by atoms with Gasteiger partial charge in [-0.25, -0.2) is 15.8 Å². The summed E-state index contributed by atoms with van der Waals surface area (Å²) < 4.78 is 0. The second-order valence-electron chi connectivity index (χ2n) is 4.52. The normalized spacial score (nSPS) is 15.9. The van der Waals surface area contributed by atoms with E-state index in [4.69, 9.17) is 5.84 Å². The topological polar surface area (TPSA) is 79.1 Å². The third-order valence-corrected chi connectivity index (χ3v) is 3.35. The highest BCUT2D eigenvalue weighted by Crippen LogP contribution is 2.19. The van der Waals surface area contributed by atoms with Gasteiger partial charge in [0.2, 0.25) is 0 Å². The lowest BCUT2D eigenvalue weighted by molar-refractivity contribution is 0.352. The monoisotopic (exact) mass is 250 g/mol. The molecule has 18 heavy (non-hydrogen) atoms. The van der Waals surface area contributed by atoms with E-state index in [0.29, 0.717) is 5.82 Å². The van der Waals surface area contributed by atoms with Crippen LogP contribution in [0.4, 0.5) is 11.6 Å². The van der Waals surface area contributed by atoms with Crippen molar-refractivity contribution < 1.29 is 0 Å². The van der Waals surface area contributed by atoms with Crippen LogP contribution in [-0.4, -0.2) is 41.0 Å². The minimum atomic E-state index is 0.705. The Hall–Kier alpha value is -1.40. The quantitative estimate of drug-likeness (QED) is 0.513. The maximum Gasteiger partial charge on any atom is 0.148 e. The van der Waals surface area contributed by atoms with Crippen LogP contribution in [0, 0.1) is 0 Å². The fraction of sp³-hybridized carbons (Fsp3) is 0.667. The zero-order valence-corrected chi connectivity index (χ0v) is 10.9. The number of nitrogens with one attached hydrogen (secondary N) is 2. The van der Waals surface area contributed by atoms with Crippen LogP contribution in [0.1, 0.15) is 25.3 Å². The number of rotatable bonds is 6. The van der Waals surface area contributed by atoms with Crippen LogP contribution in [0.5, 0.6) is 0 Å². The second kappa shape index (κ2) is 6.51. The molecule has 6 heteroatoms. The summed E-state index contributed by atoms with van der Waals surface area (Å²) in [4.78, 5) is 10.9. The molecule has 1 aliphatic heterocycles. The molecule has 1 fully saturated rings. The Morgan fingerprint density at radius 1 is 1.28 bits per heavy atom. The molecule has 0 aromatic carbocycles. The van der Waals surface area contributed by atoms with Crippen LogP contribution in [-0.2, 0) is 6.42 Å². The summed E-state index contributed by atoms with van der Waals surface area (Å²) in [6, 6.07) is 0. The van der Waals surface area contributed by atoms with Crippen LogP contribution in [0.25, 0.3) is 0 Å². The Morgan fingerprint density at radius 2 is 2.00 bits per heavy atom. The molecule has 0 unspecified atom stereocenters. The van der Waals surface area contributed by atoms with E-state index in [1.165, 1.54) is 32.3 Å². The van der Waals surface area contributed by atoms with Gasteiger partial charge in [0.15, 0.2) is 0 Å². The summed E-state index contributed by atoms with van der Waals surface area (Å²) in [5, 5.41) is 3.38. The predicted octanol–water partition coefficient (Wildman–Crippen LogP) is 0.832. The largest absolute Gasteiger partial charge is 0.368 e. The van der Waals surface area contributed by atoms with Crippen molar-refractivity contribution in [3.8, 4) is 0 Å². The number of hydrazine groups is 1. The summed E-state index contributed by atoms with van der Waals surface area (Å²) in [5.74, 6) is 7.04. The lowest BCUT2D eigenvalue weighted by Gasteiger charge is -2.16. The number of likely N-dealkylation sites (tertiary alicyclic amines) is 1. The van der Waals surface area contributed by atoms with Crippen LogP contribution in [0.3, 0.4) is 0 Å². The van der Waals surface area contributed by atoms with E-state index in [-0.39, 0.29) is 0 Å². The third kappa shape index (κ3) is 3.08. The lowest BCUT2D eigenvalue weighted by Crippen LogP contribution is -2.26. The molecule has 0 atom stereocenters. The zero-order valence-electron chi connectivity index (χ0n) is 10.9. The molecule has 1 aromatic heterocycles. The highest BCUT2D eigenvalue weighted by atomic mass is 15.3. The molecule has 0 saturated carbocycles. The van der Waals surface area contributed by atoms with Crippen LogP contribution >= 0.6 is 0 Å². The van der Waals surface area contributed by atoms with Crippen molar-refractivity contribution in [2.24, 2.45) is 5.84 Å². The number of aromatic nitrogens is 2. The minimum absolute atomic E-state index is 0.705. The van der Waals surface area contributed by atoms with Gasteiger partial charge in [0.05, 0.1) is 0 Å². The zero-order chi connectivity index (χ0) is 12.8. The van der Waals surface area contributed by atoms with Crippen LogP contribution < -0.4 is 16.6 Å². The van der Waals surface area contributed by atoms with Gasteiger partial charge in [-0.05, 0) is 32.4 Å². The maximum atomic E-state index is 5.45. The van der Waals surface area contributed by atoms with Crippen molar-refractivity contribution in [3.63, 3.8) is 0 Å². The first-order valence-electron chi connectivity index (χ1n) is 6.62. The van der Waals surface area contributed by atoms with E-state index in [2.05, 4.69) is 32.5 Å². The van der Waals surface area contributed by atoms with Gasteiger partial charge in [-0.1, -0.05) is 6.92 Å². The highest BCUT2D eigenvalue weighted by molar-refractivity contribution is 5.56. The standard InChI is InChI=1S/C12H22N6/c1-2-10-11(15-9-16-12(10)17-13)14-5-8-18-6-3-4-7-18/h9H,2-8,13H2,1H3,(H2,14,15,16,17). The van der Waals surface area contributed by atoms with Crippen LogP contribution in [0.2, 0.25) is 0 Å². The van der Waals surface area contributed by atoms with Gasteiger partial charge >= 0.3 is 0 Å². The molecule has 4 N–H and O–H groups in total. The Morgan fingerprint density at radius 3 is 2.67 bits per heavy atom. The molecule has 0 radical (unpaired) electrons. The van der Waals surface area contributed by atoms with Crippen molar-refractivity contribution in [1.29, 1.82) is 0 Å². The average molecular weight is 250 g/mol. The molecule has 1 aromatic rings. The molecule has 1 aliphatic rings. The Balaban J connectivity index is 1.91. The number of nitrogens with zero attached hydrogens (tertiary/aromatic N) is 3. The summed E-state index contributed by atoms with van der Waals surface area (Å²) in [5.41, 5.74) is 3.66. The molecular weight excluding hydrogens is 228 g/mol. The number of nitrogens with two attached hydrogens (primary N) is 1. The molecular formula is C12H22N6. The van der Waals surface area contributed by atoms with Gasteiger partial charge in [0.1, 0.15) is 18.0 Å². The molecule has 2 rings (SSSR count). The van der Waals surface area contributed by atoms with E-state index >= 15 is 0 Å². The molecule has 1 saturated heterocycles. The van der Waals surface area contributed by atoms with E-state index in [0.717, 1.165) is 30.9 Å². The Bertz CT molecular complexity index is 375. The van der Waals surface area contributed by atoms with Crippen molar-refractivity contribution in [1.82, 2.24) is 14.9 Å². The van der Waals surface area contributed by atoms with Gasteiger partial charge < -0.3 is 15.6 Å². The molecule has 6 nitrogen and oxygen atoms in total. The smallest absolute Gasteiger partial charge is 0.148 e. The number of hydrogen-bond acceptors (Lipinski definition) is 6. The molecule has 2 heterocycles. The fourth-order valence-electron chi connectivity index (χ4n) is 2.36. The Labute approximate surface area is 108 Å². The van der Waals surface area contributed by atoms with Crippen molar-refractivity contribution in [2.45, 2.75) is 26.2 Å². The van der Waals surface area contributed by atoms with Gasteiger partial charge in [-0.3, -0.25) is 0 Å². The molecule has 0 aliphatic carbocycles. The molecule has 0 spiro atoms. The van der Waals surface area contributed by atoms with Gasteiger partial charge in [-0.15, -0.1) is 0 Å². The Kier molecular flexibility index (Phi) is 4.72. The molecule has 0 amide bonds. The second-order valence-corrected chi connectivity index (χ2v) is 4.52. The average Bonchev–Trinajstić information content (AvgIpc) is 2.91. The van der Waals surface area contributed by atoms with Gasteiger partial charge in [0, 0.05) is 18.7 Å². The summed E-state index contributed by atoms with van der Waals surface area (Å²) in [6.45, 7) is 6.50. The summed E-state index contributed by atoms with van der Waals surface area (Å²) in [7, 11) is 0. The van der Waals surface area contributed by atoms with E-state index < -0.39 is 0 Å². The fourth-order valence-corrected chi connectivity index (χ4v) is 2.36.